The van der Waals surface area contributed by atoms with E-state index in [0.29, 0.717) is 12.1 Å². The molecule has 0 heterocycles. The molecule has 0 fully saturated rings. The third-order valence-electron chi connectivity index (χ3n) is 3.34. The number of carboxylic acid groups (broad SMARTS) is 2. The van der Waals surface area contributed by atoms with Crippen molar-refractivity contribution in [2.24, 2.45) is 0 Å². The average molecular weight is 294 g/mol. The summed E-state index contributed by atoms with van der Waals surface area (Å²) in [6.07, 6.45) is -0.0760. The first-order chi connectivity index (χ1) is 9.86. The minimum Gasteiger partial charge on any atom is -0.481 e. The third-order valence-corrected chi connectivity index (χ3v) is 3.34. The van der Waals surface area contributed by atoms with Crippen LogP contribution in [-0.4, -0.2) is 54.2 Å². The van der Waals surface area contributed by atoms with Gasteiger partial charge < -0.3 is 15.1 Å². The van der Waals surface area contributed by atoms with Crippen LogP contribution < -0.4 is 4.90 Å². The molecule has 1 atom stereocenters. The molecular weight excluding hydrogens is 272 g/mol. The summed E-state index contributed by atoms with van der Waals surface area (Å²) in [4.78, 5) is 25.8. The summed E-state index contributed by atoms with van der Waals surface area (Å²) in [7, 11) is 3.82. The highest BCUT2D eigenvalue weighted by Crippen LogP contribution is 2.23. The summed E-state index contributed by atoms with van der Waals surface area (Å²) in [6.45, 7) is 2.50. The first kappa shape index (κ1) is 17.0. The molecule has 6 nitrogen and oxygen atoms in total. The fourth-order valence-corrected chi connectivity index (χ4v) is 2.17. The van der Waals surface area contributed by atoms with Crippen LogP contribution in [0.1, 0.15) is 24.9 Å². The first-order valence-corrected chi connectivity index (χ1v) is 6.82. The van der Waals surface area contributed by atoms with Crippen LogP contribution in [0.4, 0.5) is 5.69 Å². The van der Waals surface area contributed by atoms with Crippen molar-refractivity contribution in [1.82, 2.24) is 4.90 Å². The Morgan fingerprint density at radius 1 is 1.14 bits per heavy atom. The molecule has 0 spiro atoms. The number of carbonyl (C=O) groups is 2. The summed E-state index contributed by atoms with van der Waals surface area (Å²) in [5, 5.41) is 18.2. The molecule has 0 amide bonds. The van der Waals surface area contributed by atoms with Gasteiger partial charge in [-0.1, -0.05) is 19.1 Å². The maximum absolute atomic E-state index is 11.6. The number of hydrogen-bond acceptors (Lipinski definition) is 4. The molecule has 1 unspecified atom stereocenters. The van der Waals surface area contributed by atoms with Gasteiger partial charge in [-0.05, 0) is 24.2 Å². The molecular formula is C15H22N2O4. The molecule has 0 aliphatic carbocycles. The van der Waals surface area contributed by atoms with Gasteiger partial charge in [0.1, 0.15) is 6.04 Å². The van der Waals surface area contributed by atoms with Gasteiger partial charge in [-0.3, -0.25) is 14.5 Å². The Bertz CT molecular complexity index is 485. The van der Waals surface area contributed by atoms with Crippen molar-refractivity contribution in [1.29, 1.82) is 0 Å². The highest BCUT2D eigenvalue weighted by molar-refractivity contribution is 5.76. The van der Waals surface area contributed by atoms with E-state index >= 15 is 0 Å². The maximum Gasteiger partial charge on any atom is 0.325 e. The summed E-state index contributed by atoms with van der Waals surface area (Å²) >= 11 is 0. The standard InChI is InChI=1S/C15H22N2O4/c1-4-17(10-9-13(18)19)14(15(20)21)11-5-7-12(8-6-11)16(2)3/h5-8,14H,4,9-10H2,1-3H3,(H,18,19)(H,20,21). The van der Waals surface area contributed by atoms with E-state index in [2.05, 4.69) is 0 Å². The largest absolute Gasteiger partial charge is 0.481 e. The van der Waals surface area contributed by atoms with Crippen LogP contribution >= 0.6 is 0 Å². The van der Waals surface area contributed by atoms with E-state index < -0.39 is 18.0 Å². The minimum absolute atomic E-state index is 0.0760. The van der Waals surface area contributed by atoms with E-state index in [1.807, 2.05) is 38.1 Å². The molecule has 116 valence electrons. The Kier molecular flexibility index (Phi) is 6.17. The zero-order chi connectivity index (χ0) is 16.0. The molecule has 0 saturated heterocycles. The van der Waals surface area contributed by atoms with Gasteiger partial charge in [0, 0.05) is 26.3 Å². The number of likely N-dealkylation sites (N-methyl/N-ethyl adjacent to an activating group) is 1. The lowest BCUT2D eigenvalue weighted by Crippen LogP contribution is -2.35. The van der Waals surface area contributed by atoms with Crippen molar-refractivity contribution in [3.63, 3.8) is 0 Å². The number of aliphatic carboxylic acids is 2. The second-order valence-corrected chi connectivity index (χ2v) is 5.00. The smallest absolute Gasteiger partial charge is 0.325 e. The minimum atomic E-state index is -0.972. The van der Waals surface area contributed by atoms with Gasteiger partial charge in [0.2, 0.25) is 0 Å². The monoisotopic (exact) mass is 294 g/mol. The topological polar surface area (TPSA) is 81.1 Å². The molecule has 0 aliphatic heterocycles. The molecule has 0 aliphatic rings. The molecule has 1 aromatic carbocycles. The highest BCUT2D eigenvalue weighted by Gasteiger charge is 2.26. The van der Waals surface area contributed by atoms with E-state index in [0.717, 1.165) is 5.69 Å². The van der Waals surface area contributed by atoms with Gasteiger partial charge in [0.25, 0.3) is 0 Å². The van der Waals surface area contributed by atoms with Crippen LogP contribution in [-0.2, 0) is 9.59 Å². The number of rotatable bonds is 8. The van der Waals surface area contributed by atoms with Crippen LogP contribution in [0.15, 0.2) is 24.3 Å². The Labute approximate surface area is 124 Å². The van der Waals surface area contributed by atoms with Crippen LogP contribution in [0, 0.1) is 0 Å². The number of benzene rings is 1. The Morgan fingerprint density at radius 2 is 1.71 bits per heavy atom. The predicted octanol–water partition coefficient (Wildman–Crippen LogP) is 1.67. The zero-order valence-corrected chi connectivity index (χ0v) is 12.6. The molecule has 21 heavy (non-hydrogen) atoms. The van der Waals surface area contributed by atoms with Crippen molar-refractivity contribution in [3.05, 3.63) is 29.8 Å². The van der Waals surface area contributed by atoms with E-state index in [9.17, 15) is 14.7 Å². The lowest BCUT2D eigenvalue weighted by molar-refractivity contribution is -0.145. The second kappa shape index (κ2) is 7.64. The summed E-state index contributed by atoms with van der Waals surface area (Å²) < 4.78 is 0. The van der Waals surface area contributed by atoms with Gasteiger partial charge in [0.15, 0.2) is 0 Å². The molecule has 6 heteroatoms. The van der Waals surface area contributed by atoms with Crippen LogP contribution in [0.2, 0.25) is 0 Å². The third kappa shape index (κ3) is 4.75. The van der Waals surface area contributed by atoms with Crippen molar-refractivity contribution < 1.29 is 19.8 Å². The summed E-state index contributed by atoms with van der Waals surface area (Å²) in [6, 6.07) is 6.44. The number of hydrogen-bond donors (Lipinski definition) is 2. The highest BCUT2D eigenvalue weighted by atomic mass is 16.4. The summed E-state index contributed by atoms with van der Waals surface area (Å²) in [5.74, 6) is -1.90. The van der Waals surface area contributed by atoms with Crippen molar-refractivity contribution in [2.75, 3.05) is 32.1 Å². The van der Waals surface area contributed by atoms with Gasteiger partial charge in [-0.25, -0.2) is 0 Å². The van der Waals surface area contributed by atoms with Crippen LogP contribution in [0.5, 0.6) is 0 Å². The SMILES string of the molecule is CCN(CCC(=O)O)C(C(=O)O)c1ccc(N(C)C)cc1. The van der Waals surface area contributed by atoms with E-state index in [-0.39, 0.29) is 13.0 Å². The van der Waals surface area contributed by atoms with E-state index in [1.54, 1.807) is 17.0 Å². The Hall–Kier alpha value is -2.08. The van der Waals surface area contributed by atoms with E-state index in [4.69, 9.17) is 5.11 Å². The predicted molar refractivity (Wildman–Crippen MR) is 80.6 cm³/mol. The summed E-state index contributed by atoms with van der Waals surface area (Å²) in [5.41, 5.74) is 1.64. The second-order valence-electron chi connectivity index (χ2n) is 5.00. The van der Waals surface area contributed by atoms with Gasteiger partial charge in [-0.2, -0.15) is 0 Å². The van der Waals surface area contributed by atoms with Gasteiger partial charge in [0.05, 0.1) is 6.42 Å². The zero-order valence-electron chi connectivity index (χ0n) is 12.6. The fourth-order valence-electron chi connectivity index (χ4n) is 2.17. The van der Waals surface area contributed by atoms with Crippen LogP contribution in [0.25, 0.3) is 0 Å². The van der Waals surface area contributed by atoms with Crippen molar-refractivity contribution in [2.45, 2.75) is 19.4 Å². The van der Waals surface area contributed by atoms with Gasteiger partial charge >= 0.3 is 11.9 Å². The van der Waals surface area contributed by atoms with Gasteiger partial charge in [-0.15, -0.1) is 0 Å². The molecule has 0 aromatic heterocycles. The molecule has 0 saturated carbocycles. The van der Waals surface area contributed by atoms with Crippen LogP contribution in [0.3, 0.4) is 0 Å². The molecule has 0 bridgehead atoms. The van der Waals surface area contributed by atoms with Crippen molar-refractivity contribution >= 4 is 17.6 Å². The number of anilines is 1. The van der Waals surface area contributed by atoms with Crippen molar-refractivity contribution in [3.8, 4) is 0 Å². The molecule has 2 N–H and O–H groups in total. The number of nitrogens with zero attached hydrogens (tertiary/aromatic N) is 2. The van der Waals surface area contributed by atoms with E-state index in [1.165, 1.54) is 0 Å². The lowest BCUT2D eigenvalue weighted by Gasteiger charge is -2.27. The number of carboxylic acids is 2. The fraction of sp³-hybridized carbons (Fsp3) is 0.467. The molecule has 1 aromatic rings. The normalized spacial score (nSPS) is 12.2. The average Bonchev–Trinajstić information content (AvgIpc) is 2.42. The Balaban J connectivity index is 2.98. The maximum atomic E-state index is 11.6. The Morgan fingerprint density at radius 3 is 2.10 bits per heavy atom. The molecule has 1 rings (SSSR count). The quantitative estimate of drug-likeness (QED) is 0.759. The molecule has 0 radical (unpaired) electrons. The first-order valence-electron chi connectivity index (χ1n) is 6.82. The lowest BCUT2D eigenvalue weighted by atomic mass is 10.0.